The van der Waals surface area contributed by atoms with E-state index in [1.54, 1.807) is 24.8 Å². The van der Waals surface area contributed by atoms with Crippen molar-refractivity contribution in [1.82, 2.24) is 19.9 Å². The van der Waals surface area contributed by atoms with Crippen molar-refractivity contribution in [2.24, 2.45) is 0 Å². The van der Waals surface area contributed by atoms with Gasteiger partial charge in [0.1, 0.15) is 0 Å². The Balaban J connectivity index is 0.000000142. The summed E-state index contributed by atoms with van der Waals surface area (Å²) in [5, 5.41) is 24.5. The molecule has 2 aromatic heterocycles. The van der Waals surface area contributed by atoms with Crippen molar-refractivity contribution in [3.05, 3.63) is 365 Å². The van der Waals surface area contributed by atoms with Gasteiger partial charge < -0.3 is 0 Å². The molecule has 0 aliphatic rings. The predicted molar refractivity (Wildman–Crippen MR) is 432 cm³/mol. The van der Waals surface area contributed by atoms with Crippen molar-refractivity contribution < 1.29 is 0 Å². The van der Waals surface area contributed by atoms with Crippen molar-refractivity contribution in [2.45, 2.75) is 0 Å². The van der Waals surface area contributed by atoms with Crippen LogP contribution in [-0.2, 0) is 0 Å². The topological polar surface area (TPSA) is 51.6 Å². The quantitative estimate of drug-likeness (QED) is 0.149. The lowest BCUT2D eigenvalue weighted by molar-refractivity contribution is 1.31. The maximum absolute atomic E-state index is 4.88. The van der Waals surface area contributed by atoms with E-state index in [9.17, 15) is 0 Å². The smallest absolute Gasteiger partial charge is 0.0971 e. The van der Waals surface area contributed by atoms with E-state index in [1.807, 2.05) is 0 Å². The van der Waals surface area contributed by atoms with Crippen LogP contribution >= 0.6 is 0 Å². The minimum atomic E-state index is 0.922. The fraction of sp³-hybridized carbons (Fsp3) is 0. The maximum Gasteiger partial charge on any atom is 0.0971 e. The molecular weight excluding hydrogens is 1230 g/mol. The van der Waals surface area contributed by atoms with Crippen LogP contribution < -0.4 is 0 Å². The molecule has 2 heterocycles. The monoisotopic (exact) mass is 1290 g/mol. The van der Waals surface area contributed by atoms with Crippen molar-refractivity contribution in [1.29, 1.82) is 0 Å². The molecule has 0 bridgehead atoms. The molecule has 0 N–H and O–H groups in total. The molecule has 21 rings (SSSR count). The summed E-state index contributed by atoms with van der Waals surface area (Å²) in [5.41, 5.74) is 20.6. The lowest BCUT2D eigenvalue weighted by Crippen LogP contribution is -1.91. The van der Waals surface area contributed by atoms with Gasteiger partial charge >= 0.3 is 0 Å². The van der Waals surface area contributed by atoms with Gasteiger partial charge in [-0.3, -0.25) is 19.9 Å². The second-order valence-corrected chi connectivity index (χ2v) is 26.7. The SMILES string of the molecule is c1cc(-c2ccc(-c3cc4ccccc4c4ccccc34)cc2)cc(-c2ccc3c(c2)c2ccccc2c2nccnc32)c1.c1cc(-c2ccc3c(c2)c2cc(-c4cccc(-c5cc6ccccc6c6ccccc56)c4)ccc2c2nccnc32)cc(-c2cc3ccccc3c3ccccc23)c1. The van der Waals surface area contributed by atoms with Gasteiger partial charge in [-0.25, -0.2) is 0 Å². The second kappa shape index (κ2) is 24.2. The van der Waals surface area contributed by atoms with Crippen LogP contribution in [0.2, 0.25) is 0 Å². The summed E-state index contributed by atoms with van der Waals surface area (Å²) in [5.74, 6) is 0. The molecule has 0 aliphatic heterocycles. The Morgan fingerprint density at radius 2 is 0.363 bits per heavy atom. The summed E-state index contributed by atoms with van der Waals surface area (Å²) >= 11 is 0. The minimum absolute atomic E-state index is 0.922. The van der Waals surface area contributed by atoms with Crippen LogP contribution in [0.25, 0.3) is 208 Å². The van der Waals surface area contributed by atoms with Crippen LogP contribution in [0.3, 0.4) is 0 Å². The normalized spacial score (nSPS) is 11.7. The minimum Gasteiger partial charge on any atom is -0.252 e. The maximum atomic E-state index is 4.88. The van der Waals surface area contributed by atoms with Gasteiger partial charge in [0.05, 0.1) is 22.1 Å². The molecule has 0 radical (unpaired) electrons. The highest BCUT2D eigenvalue weighted by atomic mass is 14.8. The number of rotatable bonds is 7. The molecule has 21 aromatic rings. The first-order valence-corrected chi connectivity index (χ1v) is 34.9. The first-order valence-electron chi connectivity index (χ1n) is 34.9. The van der Waals surface area contributed by atoms with E-state index in [1.165, 1.54) is 164 Å². The highest BCUT2D eigenvalue weighted by Gasteiger charge is 2.18. The lowest BCUT2D eigenvalue weighted by Gasteiger charge is -2.14. The molecule has 0 amide bonds. The fourth-order valence-electron chi connectivity index (χ4n) is 16.2. The largest absolute Gasteiger partial charge is 0.252 e. The van der Waals surface area contributed by atoms with Gasteiger partial charge in [-0.2, -0.15) is 0 Å². The Bertz CT molecular complexity index is 6740. The van der Waals surface area contributed by atoms with Crippen molar-refractivity contribution in [3.63, 3.8) is 0 Å². The van der Waals surface area contributed by atoms with E-state index in [2.05, 4.69) is 345 Å². The van der Waals surface area contributed by atoms with Crippen LogP contribution in [0, 0.1) is 0 Å². The number of hydrogen-bond donors (Lipinski definition) is 0. The Kier molecular flexibility index (Phi) is 13.9. The number of aromatic nitrogens is 4. The molecule has 0 saturated carbocycles. The fourth-order valence-corrected chi connectivity index (χ4v) is 16.2. The van der Waals surface area contributed by atoms with Crippen LogP contribution in [0.5, 0.6) is 0 Å². The molecule has 4 heteroatoms. The zero-order valence-electron chi connectivity index (χ0n) is 55.4. The third-order valence-electron chi connectivity index (χ3n) is 21.0. The first kappa shape index (κ1) is 58.6. The van der Waals surface area contributed by atoms with Crippen molar-refractivity contribution in [2.75, 3.05) is 0 Å². The third kappa shape index (κ3) is 9.91. The molecular formula is C98H60N4. The zero-order chi connectivity index (χ0) is 67.2. The van der Waals surface area contributed by atoms with Crippen LogP contribution in [0.4, 0.5) is 0 Å². The average molecular weight is 1290 g/mol. The number of nitrogens with zero attached hydrogens (tertiary/aromatic N) is 4. The van der Waals surface area contributed by atoms with Crippen LogP contribution in [0.15, 0.2) is 365 Å². The Hall–Kier alpha value is -13.5. The molecule has 0 fully saturated rings. The van der Waals surface area contributed by atoms with Gasteiger partial charge in [0.2, 0.25) is 0 Å². The van der Waals surface area contributed by atoms with E-state index >= 15 is 0 Å². The molecule has 0 atom stereocenters. The molecule has 0 unspecified atom stereocenters. The number of fused-ring (bicyclic) bond motifs is 21. The molecule has 0 saturated heterocycles. The Morgan fingerprint density at radius 3 is 0.735 bits per heavy atom. The number of hydrogen-bond acceptors (Lipinski definition) is 4. The summed E-state index contributed by atoms with van der Waals surface area (Å²) in [6, 6.07) is 124. The summed E-state index contributed by atoms with van der Waals surface area (Å²) in [7, 11) is 0. The summed E-state index contributed by atoms with van der Waals surface area (Å²) in [6.07, 6.45) is 7.16. The van der Waals surface area contributed by atoms with Gasteiger partial charge in [-0.05, 0) is 219 Å². The van der Waals surface area contributed by atoms with E-state index in [-0.39, 0.29) is 0 Å². The lowest BCUT2D eigenvalue weighted by atomic mass is 9.90. The number of benzene rings is 19. The first-order chi connectivity index (χ1) is 50.6. The zero-order valence-corrected chi connectivity index (χ0v) is 55.4. The van der Waals surface area contributed by atoms with E-state index in [4.69, 9.17) is 15.0 Å². The molecule has 0 aliphatic carbocycles. The highest BCUT2D eigenvalue weighted by molar-refractivity contribution is 6.26. The van der Waals surface area contributed by atoms with Crippen molar-refractivity contribution in [3.8, 4) is 77.9 Å². The van der Waals surface area contributed by atoms with Gasteiger partial charge in [0.25, 0.3) is 0 Å². The molecule has 4 nitrogen and oxygen atoms in total. The van der Waals surface area contributed by atoms with E-state index in [0.29, 0.717) is 0 Å². The van der Waals surface area contributed by atoms with Gasteiger partial charge in [-0.15, -0.1) is 0 Å². The van der Waals surface area contributed by atoms with E-state index < -0.39 is 0 Å². The summed E-state index contributed by atoms with van der Waals surface area (Å²) in [4.78, 5) is 19.1. The highest BCUT2D eigenvalue weighted by Crippen LogP contribution is 2.44. The van der Waals surface area contributed by atoms with Crippen molar-refractivity contribution >= 4 is 130 Å². The van der Waals surface area contributed by atoms with Gasteiger partial charge in [0.15, 0.2) is 0 Å². The summed E-state index contributed by atoms with van der Waals surface area (Å²) in [6.45, 7) is 0. The molecule has 472 valence electrons. The molecule has 19 aromatic carbocycles. The predicted octanol–water partition coefficient (Wildman–Crippen LogP) is 26.5. The standard InChI is InChI=1S/C56H34N2.C42H26N2/c1-3-17-43-41(11-1)33-51(47-21-7-5-19-45(43)47)39-15-9-13-35(29-39)37-23-25-49-53(31-37)54-32-38(24-26-50(54)56-55(49)57-27-28-58-56)36-14-10-16-40(30-36)52-34-42-12-2-4-18-44(42)46-20-6-8-22-48(46)52;1-2-11-33-32(8-1)26-39(35-13-4-3-12-34(33)35)28-18-16-27(17-19-28)29-9-7-10-30(24-29)31-20-21-38-40(25-31)36-14-5-6-15-37(36)41-42(38)44-23-22-43-41/h1-34H;1-26H. The van der Waals surface area contributed by atoms with Crippen LogP contribution in [-0.4, -0.2) is 19.9 Å². The molecule has 0 spiro atoms. The summed E-state index contributed by atoms with van der Waals surface area (Å²) < 4.78 is 0. The average Bonchev–Trinajstić information content (AvgIpc) is 0.751. The Labute approximate surface area is 588 Å². The van der Waals surface area contributed by atoms with Crippen LogP contribution in [0.1, 0.15) is 0 Å². The van der Waals surface area contributed by atoms with E-state index in [0.717, 1.165) is 43.6 Å². The van der Waals surface area contributed by atoms with Gasteiger partial charge in [-0.1, -0.05) is 285 Å². The molecule has 102 heavy (non-hydrogen) atoms. The third-order valence-corrected chi connectivity index (χ3v) is 21.0. The Morgan fingerprint density at radius 1 is 0.127 bits per heavy atom. The second-order valence-electron chi connectivity index (χ2n) is 26.7. The van der Waals surface area contributed by atoms with Gasteiger partial charge in [0, 0.05) is 46.3 Å².